The van der Waals surface area contributed by atoms with E-state index >= 15 is 0 Å². The SMILES string of the molecule is CCOC(=O)c1[nH]c(C)c(C(=O)N2CCO[C@H](c3ccccc3)C2)c1C. The summed E-state index contributed by atoms with van der Waals surface area (Å²) in [5, 5.41) is 0. The van der Waals surface area contributed by atoms with Crippen LogP contribution >= 0.6 is 0 Å². The Kier molecular flexibility index (Phi) is 5.42. The topological polar surface area (TPSA) is 71.6 Å². The number of nitrogens with zero attached hydrogens (tertiary/aromatic N) is 1. The van der Waals surface area contributed by atoms with Gasteiger partial charge in [-0.1, -0.05) is 30.3 Å². The quantitative estimate of drug-likeness (QED) is 0.855. The summed E-state index contributed by atoms with van der Waals surface area (Å²) in [5.74, 6) is -0.521. The van der Waals surface area contributed by atoms with Crippen LogP contribution in [0.15, 0.2) is 30.3 Å². The van der Waals surface area contributed by atoms with Gasteiger partial charge in [0.25, 0.3) is 5.91 Å². The smallest absolute Gasteiger partial charge is 0.355 e. The molecule has 1 atom stereocenters. The molecule has 0 spiro atoms. The molecule has 1 N–H and O–H groups in total. The van der Waals surface area contributed by atoms with E-state index in [1.54, 1.807) is 25.7 Å². The molecule has 1 amide bonds. The van der Waals surface area contributed by atoms with Crippen molar-refractivity contribution in [3.8, 4) is 0 Å². The van der Waals surface area contributed by atoms with Gasteiger partial charge in [-0.2, -0.15) is 0 Å². The normalized spacial score (nSPS) is 17.2. The molecule has 0 saturated carbocycles. The summed E-state index contributed by atoms with van der Waals surface area (Å²) in [6.45, 7) is 7.13. The van der Waals surface area contributed by atoms with Crippen molar-refractivity contribution in [2.45, 2.75) is 26.9 Å². The second-order valence-electron chi connectivity index (χ2n) is 6.37. The van der Waals surface area contributed by atoms with Crippen LogP contribution in [-0.4, -0.2) is 48.1 Å². The molecule has 2 heterocycles. The van der Waals surface area contributed by atoms with Crippen molar-refractivity contribution in [2.75, 3.05) is 26.3 Å². The van der Waals surface area contributed by atoms with Crippen molar-refractivity contribution in [3.05, 3.63) is 58.4 Å². The second-order valence-corrected chi connectivity index (χ2v) is 6.37. The molecule has 2 aromatic rings. The number of ether oxygens (including phenoxy) is 2. The fourth-order valence-corrected chi connectivity index (χ4v) is 3.34. The van der Waals surface area contributed by atoms with Gasteiger partial charge in [-0.3, -0.25) is 4.79 Å². The molecule has 26 heavy (non-hydrogen) atoms. The van der Waals surface area contributed by atoms with E-state index in [0.29, 0.717) is 48.8 Å². The Labute approximate surface area is 153 Å². The highest BCUT2D eigenvalue weighted by Gasteiger charge is 2.30. The predicted octanol–water partition coefficient (Wildman–Crippen LogP) is 3.02. The number of aromatic amines is 1. The van der Waals surface area contributed by atoms with Crippen LogP contribution in [0.25, 0.3) is 0 Å². The zero-order valence-corrected chi connectivity index (χ0v) is 15.4. The fourth-order valence-electron chi connectivity index (χ4n) is 3.34. The lowest BCUT2D eigenvalue weighted by atomic mass is 10.1. The first kappa shape index (κ1) is 18.2. The maximum Gasteiger partial charge on any atom is 0.355 e. The number of benzene rings is 1. The van der Waals surface area contributed by atoms with E-state index in [2.05, 4.69) is 4.98 Å². The standard InChI is InChI=1S/C20H24N2O4/c1-4-25-20(24)18-13(2)17(14(3)21-18)19(23)22-10-11-26-16(12-22)15-8-6-5-7-9-15/h5-9,16,21H,4,10-12H2,1-3H3/t16-/m0/s1. The molecule has 1 saturated heterocycles. The van der Waals surface area contributed by atoms with Gasteiger partial charge in [0, 0.05) is 12.2 Å². The van der Waals surface area contributed by atoms with Crippen molar-refractivity contribution in [1.29, 1.82) is 0 Å². The van der Waals surface area contributed by atoms with Gasteiger partial charge in [0.05, 0.1) is 25.3 Å². The molecule has 0 aliphatic carbocycles. The third kappa shape index (κ3) is 3.51. The Bertz CT molecular complexity index is 798. The number of hydrogen-bond acceptors (Lipinski definition) is 4. The Morgan fingerprint density at radius 3 is 2.69 bits per heavy atom. The number of morpholine rings is 1. The van der Waals surface area contributed by atoms with E-state index in [-0.39, 0.29) is 12.0 Å². The lowest BCUT2D eigenvalue weighted by Gasteiger charge is -2.33. The maximum atomic E-state index is 13.1. The van der Waals surface area contributed by atoms with Crippen LogP contribution in [0.1, 0.15) is 50.7 Å². The first-order chi connectivity index (χ1) is 12.5. The fraction of sp³-hybridized carbons (Fsp3) is 0.400. The van der Waals surface area contributed by atoms with Crippen molar-refractivity contribution in [1.82, 2.24) is 9.88 Å². The van der Waals surface area contributed by atoms with Gasteiger partial charge in [0.15, 0.2) is 0 Å². The number of H-pyrrole nitrogens is 1. The minimum absolute atomic E-state index is 0.0870. The summed E-state index contributed by atoms with van der Waals surface area (Å²) in [5.41, 5.74) is 3.26. The molecule has 0 unspecified atom stereocenters. The highest BCUT2D eigenvalue weighted by atomic mass is 16.5. The molecule has 1 aliphatic rings. The Morgan fingerprint density at radius 2 is 2.00 bits per heavy atom. The third-order valence-corrected chi connectivity index (χ3v) is 4.66. The van der Waals surface area contributed by atoms with Crippen LogP contribution in [0, 0.1) is 13.8 Å². The van der Waals surface area contributed by atoms with Gasteiger partial charge >= 0.3 is 5.97 Å². The summed E-state index contributed by atoms with van der Waals surface area (Å²) in [7, 11) is 0. The molecular formula is C20H24N2O4. The highest BCUT2D eigenvalue weighted by molar-refractivity contribution is 6.01. The van der Waals surface area contributed by atoms with Gasteiger partial charge < -0.3 is 19.4 Å². The zero-order chi connectivity index (χ0) is 18.7. The minimum Gasteiger partial charge on any atom is -0.461 e. The monoisotopic (exact) mass is 356 g/mol. The molecule has 0 bridgehead atoms. The molecule has 3 rings (SSSR count). The number of aryl methyl sites for hydroxylation is 1. The molecule has 1 fully saturated rings. The third-order valence-electron chi connectivity index (χ3n) is 4.66. The predicted molar refractivity (Wildman–Crippen MR) is 97.3 cm³/mol. The molecule has 1 aromatic carbocycles. The number of aromatic nitrogens is 1. The molecule has 6 nitrogen and oxygen atoms in total. The van der Waals surface area contributed by atoms with E-state index in [1.807, 2.05) is 30.3 Å². The van der Waals surface area contributed by atoms with Gasteiger partial charge in [0.2, 0.25) is 0 Å². The van der Waals surface area contributed by atoms with Gasteiger partial charge in [0.1, 0.15) is 11.8 Å². The van der Waals surface area contributed by atoms with E-state index in [1.165, 1.54) is 0 Å². The average molecular weight is 356 g/mol. The largest absolute Gasteiger partial charge is 0.461 e. The van der Waals surface area contributed by atoms with Gasteiger partial charge in [-0.25, -0.2) is 4.79 Å². The van der Waals surface area contributed by atoms with Gasteiger partial charge in [-0.05, 0) is 31.9 Å². The first-order valence-electron chi connectivity index (χ1n) is 8.85. The van der Waals surface area contributed by atoms with E-state index in [0.717, 1.165) is 5.56 Å². The average Bonchev–Trinajstić information content (AvgIpc) is 2.96. The van der Waals surface area contributed by atoms with E-state index in [4.69, 9.17) is 9.47 Å². The maximum absolute atomic E-state index is 13.1. The van der Waals surface area contributed by atoms with Crippen LogP contribution in [0.3, 0.4) is 0 Å². The number of rotatable bonds is 4. The van der Waals surface area contributed by atoms with Crippen LogP contribution in [-0.2, 0) is 9.47 Å². The van der Waals surface area contributed by atoms with Crippen molar-refractivity contribution in [2.24, 2.45) is 0 Å². The Balaban J connectivity index is 1.82. The molecule has 138 valence electrons. The van der Waals surface area contributed by atoms with Crippen LogP contribution in [0.5, 0.6) is 0 Å². The molecule has 1 aromatic heterocycles. The summed E-state index contributed by atoms with van der Waals surface area (Å²) in [6, 6.07) is 9.89. The van der Waals surface area contributed by atoms with Crippen LogP contribution in [0.4, 0.5) is 0 Å². The Morgan fingerprint density at radius 1 is 1.27 bits per heavy atom. The lowest BCUT2D eigenvalue weighted by Crippen LogP contribution is -2.42. The summed E-state index contributed by atoms with van der Waals surface area (Å²) >= 11 is 0. The number of carbonyl (C=O) groups is 2. The Hall–Kier alpha value is -2.60. The number of hydrogen-bond donors (Lipinski definition) is 1. The van der Waals surface area contributed by atoms with E-state index in [9.17, 15) is 9.59 Å². The zero-order valence-electron chi connectivity index (χ0n) is 15.4. The highest BCUT2D eigenvalue weighted by Crippen LogP contribution is 2.26. The van der Waals surface area contributed by atoms with Crippen molar-refractivity contribution >= 4 is 11.9 Å². The molecule has 0 radical (unpaired) electrons. The summed E-state index contributed by atoms with van der Waals surface area (Å²) in [6.07, 6.45) is -0.141. The van der Waals surface area contributed by atoms with E-state index < -0.39 is 5.97 Å². The molecular weight excluding hydrogens is 332 g/mol. The number of esters is 1. The summed E-state index contributed by atoms with van der Waals surface area (Å²) < 4.78 is 10.9. The van der Waals surface area contributed by atoms with Gasteiger partial charge in [-0.15, -0.1) is 0 Å². The molecule has 6 heteroatoms. The number of amides is 1. The van der Waals surface area contributed by atoms with Crippen LogP contribution in [0.2, 0.25) is 0 Å². The second kappa shape index (κ2) is 7.74. The van der Waals surface area contributed by atoms with Crippen molar-refractivity contribution < 1.29 is 19.1 Å². The van der Waals surface area contributed by atoms with Crippen LogP contribution < -0.4 is 0 Å². The molecule has 1 aliphatic heterocycles. The van der Waals surface area contributed by atoms with Crippen molar-refractivity contribution in [3.63, 3.8) is 0 Å². The number of nitrogens with one attached hydrogen (secondary N) is 1. The minimum atomic E-state index is -0.434. The first-order valence-corrected chi connectivity index (χ1v) is 8.85. The lowest BCUT2D eigenvalue weighted by molar-refractivity contribution is -0.0228. The summed E-state index contributed by atoms with van der Waals surface area (Å²) in [4.78, 5) is 30.0. The number of carbonyl (C=O) groups excluding carboxylic acids is 2.